The van der Waals surface area contributed by atoms with Crippen LogP contribution in [0.25, 0.3) is 0 Å². The van der Waals surface area contributed by atoms with Gasteiger partial charge in [-0.3, -0.25) is 14.9 Å². The second-order valence-electron chi connectivity index (χ2n) is 4.73. The Morgan fingerprint density at radius 2 is 2.32 bits per heavy atom. The number of halogens is 1. The Morgan fingerprint density at radius 3 is 2.91 bits per heavy atom. The van der Waals surface area contributed by atoms with E-state index in [1.165, 1.54) is 11.7 Å². The molecule has 2 heterocycles. The van der Waals surface area contributed by atoms with E-state index < -0.39 is 22.6 Å². The summed E-state index contributed by atoms with van der Waals surface area (Å²) in [5.41, 5.74) is -0.203. The number of nitrogens with zero attached hydrogens (tertiary/aromatic N) is 2. The number of ether oxygens (including phenoxy) is 2. The van der Waals surface area contributed by atoms with Gasteiger partial charge in [0.15, 0.2) is 0 Å². The van der Waals surface area contributed by atoms with Crippen LogP contribution in [0.2, 0.25) is 0 Å². The van der Waals surface area contributed by atoms with Crippen molar-refractivity contribution >= 4 is 27.6 Å². The fraction of sp³-hybridized carbons (Fsp3) is 0.385. The fourth-order valence-corrected chi connectivity index (χ4v) is 2.69. The van der Waals surface area contributed by atoms with Gasteiger partial charge >= 0.3 is 5.97 Å². The highest BCUT2D eigenvalue weighted by atomic mass is 79.9. The molecule has 2 rings (SSSR count). The van der Waals surface area contributed by atoms with Crippen LogP contribution in [0.15, 0.2) is 32.9 Å². The number of methoxy groups -OCH3 is 1. The van der Waals surface area contributed by atoms with E-state index in [1.54, 1.807) is 6.92 Å². The molecule has 0 aliphatic carbocycles. The lowest BCUT2D eigenvalue weighted by atomic mass is 10.1. The van der Waals surface area contributed by atoms with E-state index in [0.717, 1.165) is 12.3 Å². The number of nitro groups is 1. The number of esters is 1. The predicted octanol–water partition coefficient (Wildman–Crippen LogP) is 1.75. The first kappa shape index (κ1) is 16.2. The predicted molar refractivity (Wildman–Crippen MR) is 79.3 cm³/mol. The number of allylic oxidation sites excluding steroid dienone is 1. The second-order valence-corrected chi connectivity index (χ2v) is 5.59. The minimum Gasteiger partial charge on any atom is -0.492 e. The molecule has 0 fully saturated rings. The van der Waals surface area contributed by atoms with Crippen LogP contribution in [-0.2, 0) is 20.8 Å². The van der Waals surface area contributed by atoms with Gasteiger partial charge in [-0.05, 0) is 22.9 Å². The summed E-state index contributed by atoms with van der Waals surface area (Å²) in [5, 5.41) is 10.9. The quantitative estimate of drug-likeness (QED) is 0.453. The molecule has 1 atom stereocenters. The number of pyridine rings is 1. The van der Waals surface area contributed by atoms with Crippen molar-refractivity contribution in [1.29, 1.82) is 0 Å². The standard InChI is InChI=1S/C13H13BrN2O6/c1-7-10(13(18)21-2)4-9(22-7)6-15-5-8(16(19)20)3-11(14)12(15)17/h3,5,9H,4,6H2,1-2H3/t9-/m0/s1. The molecule has 0 unspecified atom stereocenters. The van der Waals surface area contributed by atoms with Crippen molar-refractivity contribution in [3.05, 3.63) is 48.5 Å². The van der Waals surface area contributed by atoms with Crippen molar-refractivity contribution in [3.8, 4) is 0 Å². The first-order chi connectivity index (χ1) is 10.3. The Labute approximate surface area is 133 Å². The molecule has 0 saturated heterocycles. The molecule has 118 valence electrons. The second kappa shape index (κ2) is 6.30. The smallest absolute Gasteiger partial charge is 0.337 e. The zero-order chi connectivity index (χ0) is 16.4. The van der Waals surface area contributed by atoms with Crippen LogP contribution >= 0.6 is 15.9 Å². The maximum Gasteiger partial charge on any atom is 0.337 e. The van der Waals surface area contributed by atoms with Gasteiger partial charge < -0.3 is 14.0 Å². The lowest BCUT2D eigenvalue weighted by Gasteiger charge is -2.13. The number of hydrogen-bond acceptors (Lipinski definition) is 6. The van der Waals surface area contributed by atoms with Crippen LogP contribution < -0.4 is 5.56 Å². The molecule has 0 bridgehead atoms. The van der Waals surface area contributed by atoms with Crippen LogP contribution in [0.1, 0.15) is 13.3 Å². The molecule has 0 N–H and O–H groups in total. The molecule has 0 amide bonds. The molecule has 0 spiro atoms. The van der Waals surface area contributed by atoms with Crippen molar-refractivity contribution in [2.45, 2.75) is 26.0 Å². The molecule has 1 aromatic rings. The number of carbonyl (C=O) groups is 1. The van der Waals surface area contributed by atoms with Gasteiger partial charge in [-0.1, -0.05) is 0 Å². The van der Waals surface area contributed by atoms with Crippen molar-refractivity contribution in [2.24, 2.45) is 0 Å². The van der Waals surface area contributed by atoms with Crippen molar-refractivity contribution in [1.82, 2.24) is 4.57 Å². The maximum atomic E-state index is 12.0. The molecule has 1 aliphatic rings. The molecule has 22 heavy (non-hydrogen) atoms. The van der Waals surface area contributed by atoms with Crippen LogP contribution in [0.4, 0.5) is 5.69 Å². The van der Waals surface area contributed by atoms with Crippen molar-refractivity contribution in [2.75, 3.05) is 7.11 Å². The van der Waals surface area contributed by atoms with E-state index in [9.17, 15) is 19.7 Å². The summed E-state index contributed by atoms with van der Waals surface area (Å²) < 4.78 is 11.5. The van der Waals surface area contributed by atoms with Gasteiger partial charge in [0.25, 0.3) is 11.2 Å². The fourth-order valence-electron chi connectivity index (χ4n) is 2.23. The lowest BCUT2D eigenvalue weighted by Crippen LogP contribution is -2.27. The van der Waals surface area contributed by atoms with Gasteiger partial charge in [-0.15, -0.1) is 0 Å². The molecule has 0 radical (unpaired) electrons. The highest BCUT2D eigenvalue weighted by Gasteiger charge is 2.29. The molecular formula is C13H13BrN2O6. The van der Waals surface area contributed by atoms with Gasteiger partial charge in [0.1, 0.15) is 11.9 Å². The highest BCUT2D eigenvalue weighted by Crippen LogP contribution is 2.27. The van der Waals surface area contributed by atoms with E-state index in [0.29, 0.717) is 11.3 Å². The third-order valence-electron chi connectivity index (χ3n) is 3.27. The highest BCUT2D eigenvalue weighted by molar-refractivity contribution is 9.10. The van der Waals surface area contributed by atoms with Crippen LogP contribution in [0.3, 0.4) is 0 Å². The Morgan fingerprint density at radius 1 is 1.64 bits per heavy atom. The number of carbonyl (C=O) groups excluding carboxylic acids is 1. The summed E-state index contributed by atoms with van der Waals surface area (Å²) in [6.07, 6.45) is 0.980. The monoisotopic (exact) mass is 372 g/mol. The van der Waals surface area contributed by atoms with Gasteiger partial charge in [-0.25, -0.2) is 4.79 Å². The Bertz CT molecular complexity index is 724. The lowest BCUT2D eigenvalue weighted by molar-refractivity contribution is -0.385. The maximum absolute atomic E-state index is 12.0. The first-order valence-corrected chi connectivity index (χ1v) is 7.12. The van der Waals surface area contributed by atoms with E-state index in [2.05, 4.69) is 20.7 Å². The summed E-state index contributed by atoms with van der Waals surface area (Å²) in [4.78, 5) is 33.8. The van der Waals surface area contributed by atoms with E-state index >= 15 is 0 Å². The summed E-state index contributed by atoms with van der Waals surface area (Å²) in [6.45, 7) is 1.73. The Balaban J connectivity index is 2.22. The van der Waals surface area contributed by atoms with Crippen molar-refractivity contribution < 1.29 is 19.2 Å². The van der Waals surface area contributed by atoms with E-state index in [-0.39, 0.29) is 23.1 Å². The van der Waals surface area contributed by atoms with Crippen LogP contribution in [0, 0.1) is 10.1 Å². The van der Waals surface area contributed by atoms with Gasteiger partial charge in [0.2, 0.25) is 0 Å². The zero-order valence-electron chi connectivity index (χ0n) is 11.9. The SMILES string of the molecule is COC(=O)C1=C(C)O[C@H](Cn2cc([N+](=O)[O-])cc(Br)c2=O)C1. The first-order valence-electron chi connectivity index (χ1n) is 6.32. The Hall–Kier alpha value is -2.16. The number of hydrogen-bond donors (Lipinski definition) is 0. The van der Waals surface area contributed by atoms with Gasteiger partial charge in [0, 0.05) is 12.5 Å². The molecular weight excluding hydrogens is 360 g/mol. The topological polar surface area (TPSA) is 101 Å². The molecule has 0 saturated carbocycles. The summed E-state index contributed by atoms with van der Waals surface area (Å²) >= 11 is 3.01. The average molecular weight is 373 g/mol. The molecule has 0 aromatic carbocycles. The van der Waals surface area contributed by atoms with E-state index in [1.807, 2.05) is 0 Å². The largest absolute Gasteiger partial charge is 0.492 e. The molecule has 1 aliphatic heterocycles. The number of rotatable bonds is 4. The number of aromatic nitrogens is 1. The third-order valence-corrected chi connectivity index (χ3v) is 3.84. The van der Waals surface area contributed by atoms with E-state index in [4.69, 9.17) is 4.74 Å². The normalized spacial score (nSPS) is 17.3. The molecule has 8 nitrogen and oxygen atoms in total. The molecule has 1 aromatic heterocycles. The summed E-state index contributed by atoms with van der Waals surface area (Å²) in [5.74, 6) is -0.0398. The summed E-state index contributed by atoms with van der Waals surface area (Å²) in [7, 11) is 1.28. The van der Waals surface area contributed by atoms with Crippen LogP contribution in [-0.4, -0.2) is 28.7 Å². The van der Waals surface area contributed by atoms with Crippen LogP contribution in [0.5, 0.6) is 0 Å². The molecule has 9 heteroatoms. The zero-order valence-corrected chi connectivity index (χ0v) is 13.5. The average Bonchev–Trinajstić information content (AvgIpc) is 2.83. The third kappa shape index (κ3) is 3.19. The van der Waals surface area contributed by atoms with Crippen molar-refractivity contribution in [3.63, 3.8) is 0 Å². The summed E-state index contributed by atoms with van der Waals surface area (Å²) in [6, 6.07) is 1.15. The minimum absolute atomic E-state index is 0.0942. The Kier molecular flexibility index (Phi) is 4.65. The van der Waals surface area contributed by atoms with Gasteiger partial charge in [0.05, 0.1) is 34.8 Å². The minimum atomic E-state index is -0.584. The van der Waals surface area contributed by atoms with Gasteiger partial charge in [-0.2, -0.15) is 0 Å².